The molecule has 0 radical (unpaired) electrons. The Morgan fingerprint density at radius 1 is 1.64 bits per heavy atom. The van der Waals surface area contributed by atoms with Crippen molar-refractivity contribution in [3.8, 4) is 0 Å². The molecule has 2 heteroatoms. The van der Waals surface area contributed by atoms with Crippen LogP contribution in [-0.2, 0) is 0 Å². The summed E-state index contributed by atoms with van der Waals surface area (Å²) in [6.45, 7) is 5.55. The van der Waals surface area contributed by atoms with Gasteiger partial charge in [0.15, 0.2) is 0 Å². The lowest BCUT2D eigenvalue weighted by molar-refractivity contribution is 0.811. The number of rotatable bonds is 2. The van der Waals surface area contributed by atoms with Crippen molar-refractivity contribution in [1.82, 2.24) is 4.98 Å². The number of hydrogen-bond acceptors (Lipinski definition) is 2. The highest BCUT2D eigenvalue weighted by Gasteiger charge is 1.97. The zero-order valence-corrected chi connectivity index (χ0v) is 6.62. The maximum atomic E-state index is 5.64. The molecule has 1 aromatic heterocycles. The molecule has 0 spiro atoms. The number of hydrogen-bond donors (Lipinski definition) is 1. The van der Waals surface area contributed by atoms with Gasteiger partial charge < -0.3 is 5.73 Å². The Morgan fingerprint density at radius 2 is 2.36 bits per heavy atom. The minimum absolute atomic E-state index is 0.0568. The maximum Gasteiger partial charge on any atom is 0.0623 e. The fourth-order valence-corrected chi connectivity index (χ4v) is 0.807. The summed E-state index contributed by atoms with van der Waals surface area (Å²) in [5.41, 5.74) is 7.57. The van der Waals surface area contributed by atoms with Crippen molar-refractivity contribution < 1.29 is 0 Å². The first-order valence-corrected chi connectivity index (χ1v) is 3.58. The van der Waals surface area contributed by atoms with E-state index in [0.717, 1.165) is 11.3 Å². The third-order valence-corrected chi connectivity index (χ3v) is 1.54. The Kier molecular flexibility index (Phi) is 2.39. The smallest absolute Gasteiger partial charge is 0.0623 e. The van der Waals surface area contributed by atoms with Crippen LogP contribution in [0.25, 0.3) is 6.08 Å². The van der Waals surface area contributed by atoms with Gasteiger partial charge in [-0.05, 0) is 24.6 Å². The third-order valence-electron chi connectivity index (χ3n) is 1.54. The standard InChI is InChI=1S/C9H12N2/c1-3-9-5-4-8(6-11-9)7(2)10/h3-7H,1,10H2,2H3/t7-/m1/s1. The minimum atomic E-state index is 0.0568. The van der Waals surface area contributed by atoms with Gasteiger partial charge in [0.25, 0.3) is 0 Å². The highest BCUT2D eigenvalue weighted by atomic mass is 14.7. The van der Waals surface area contributed by atoms with E-state index >= 15 is 0 Å². The average Bonchev–Trinajstić information content (AvgIpc) is 2.05. The van der Waals surface area contributed by atoms with Gasteiger partial charge in [0, 0.05) is 12.2 Å². The van der Waals surface area contributed by atoms with E-state index in [1.165, 1.54) is 0 Å². The minimum Gasteiger partial charge on any atom is -0.324 e. The second-order valence-electron chi connectivity index (χ2n) is 2.51. The summed E-state index contributed by atoms with van der Waals surface area (Å²) >= 11 is 0. The molecule has 2 N–H and O–H groups in total. The summed E-state index contributed by atoms with van der Waals surface area (Å²) in [4.78, 5) is 4.12. The summed E-state index contributed by atoms with van der Waals surface area (Å²) in [5, 5.41) is 0. The number of nitrogens with two attached hydrogens (primary N) is 1. The van der Waals surface area contributed by atoms with Crippen LogP contribution in [0.15, 0.2) is 24.9 Å². The second-order valence-corrected chi connectivity index (χ2v) is 2.51. The molecule has 1 rings (SSSR count). The lowest BCUT2D eigenvalue weighted by Crippen LogP contribution is -2.05. The fourth-order valence-electron chi connectivity index (χ4n) is 0.807. The van der Waals surface area contributed by atoms with Crippen molar-refractivity contribution in [2.75, 3.05) is 0 Å². The first-order chi connectivity index (χ1) is 5.24. The van der Waals surface area contributed by atoms with Crippen LogP contribution in [0.2, 0.25) is 0 Å². The molecule has 0 fully saturated rings. The van der Waals surface area contributed by atoms with Gasteiger partial charge in [-0.2, -0.15) is 0 Å². The predicted octanol–water partition coefficient (Wildman–Crippen LogP) is 1.74. The molecule has 0 saturated heterocycles. The van der Waals surface area contributed by atoms with Crippen molar-refractivity contribution in [3.63, 3.8) is 0 Å². The molecule has 0 aliphatic carbocycles. The third kappa shape index (κ3) is 1.88. The summed E-state index contributed by atoms with van der Waals surface area (Å²) in [7, 11) is 0. The van der Waals surface area contributed by atoms with E-state index in [1.54, 1.807) is 12.3 Å². The van der Waals surface area contributed by atoms with Gasteiger partial charge in [-0.15, -0.1) is 0 Å². The van der Waals surface area contributed by atoms with E-state index in [0.29, 0.717) is 0 Å². The zero-order valence-electron chi connectivity index (χ0n) is 6.62. The van der Waals surface area contributed by atoms with E-state index in [9.17, 15) is 0 Å². The molecule has 58 valence electrons. The summed E-state index contributed by atoms with van der Waals surface area (Å²) in [6.07, 6.45) is 3.49. The molecular weight excluding hydrogens is 136 g/mol. The van der Waals surface area contributed by atoms with Gasteiger partial charge >= 0.3 is 0 Å². The van der Waals surface area contributed by atoms with Crippen LogP contribution in [-0.4, -0.2) is 4.98 Å². The lowest BCUT2D eigenvalue weighted by Gasteiger charge is -2.03. The Bertz CT molecular complexity index is 236. The van der Waals surface area contributed by atoms with E-state index in [-0.39, 0.29) is 6.04 Å². The topological polar surface area (TPSA) is 38.9 Å². The Hall–Kier alpha value is -1.15. The van der Waals surface area contributed by atoms with Crippen LogP contribution in [0.1, 0.15) is 24.2 Å². The largest absolute Gasteiger partial charge is 0.324 e. The molecule has 1 heterocycles. The van der Waals surface area contributed by atoms with Gasteiger partial charge in [0.05, 0.1) is 5.69 Å². The molecule has 1 atom stereocenters. The highest BCUT2D eigenvalue weighted by Crippen LogP contribution is 2.08. The van der Waals surface area contributed by atoms with Crippen molar-refractivity contribution in [2.45, 2.75) is 13.0 Å². The molecular formula is C9H12N2. The molecule has 0 saturated carbocycles. The Labute approximate surface area is 66.8 Å². The van der Waals surface area contributed by atoms with Crippen LogP contribution in [0.3, 0.4) is 0 Å². The molecule has 11 heavy (non-hydrogen) atoms. The van der Waals surface area contributed by atoms with E-state index in [2.05, 4.69) is 11.6 Å². The van der Waals surface area contributed by atoms with Crippen LogP contribution >= 0.6 is 0 Å². The van der Waals surface area contributed by atoms with Crippen molar-refractivity contribution in [2.24, 2.45) is 5.73 Å². The van der Waals surface area contributed by atoms with Crippen LogP contribution in [0.4, 0.5) is 0 Å². The predicted molar refractivity (Wildman–Crippen MR) is 46.9 cm³/mol. The van der Waals surface area contributed by atoms with E-state index < -0.39 is 0 Å². The number of nitrogens with zero attached hydrogens (tertiary/aromatic N) is 1. The molecule has 0 aliphatic heterocycles. The highest BCUT2D eigenvalue weighted by molar-refractivity contribution is 5.41. The number of pyridine rings is 1. The maximum absolute atomic E-state index is 5.64. The SMILES string of the molecule is C=Cc1ccc([C@@H](C)N)cn1. The molecule has 0 aliphatic rings. The fraction of sp³-hybridized carbons (Fsp3) is 0.222. The average molecular weight is 148 g/mol. The molecule has 0 aromatic carbocycles. The van der Waals surface area contributed by atoms with E-state index in [4.69, 9.17) is 5.73 Å². The van der Waals surface area contributed by atoms with Gasteiger partial charge in [-0.25, -0.2) is 0 Å². The molecule has 1 aromatic rings. The van der Waals surface area contributed by atoms with Gasteiger partial charge in [-0.1, -0.05) is 12.6 Å². The van der Waals surface area contributed by atoms with Crippen molar-refractivity contribution in [1.29, 1.82) is 0 Å². The summed E-state index contributed by atoms with van der Waals surface area (Å²) in [5.74, 6) is 0. The van der Waals surface area contributed by atoms with Gasteiger partial charge in [-0.3, -0.25) is 4.98 Å². The number of aromatic nitrogens is 1. The zero-order chi connectivity index (χ0) is 8.27. The van der Waals surface area contributed by atoms with Crippen molar-refractivity contribution >= 4 is 6.08 Å². The van der Waals surface area contributed by atoms with Crippen LogP contribution < -0.4 is 5.73 Å². The van der Waals surface area contributed by atoms with E-state index in [1.807, 2.05) is 19.1 Å². The summed E-state index contributed by atoms with van der Waals surface area (Å²) in [6, 6.07) is 3.93. The Balaban J connectivity index is 2.91. The first kappa shape index (κ1) is 7.95. The van der Waals surface area contributed by atoms with Crippen molar-refractivity contribution in [3.05, 3.63) is 36.2 Å². The molecule has 0 bridgehead atoms. The molecule has 0 unspecified atom stereocenters. The molecule has 0 amide bonds. The second kappa shape index (κ2) is 3.30. The quantitative estimate of drug-likeness (QED) is 0.693. The summed E-state index contributed by atoms with van der Waals surface area (Å²) < 4.78 is 0. The lowest BCUT2D eigenvalue weighted by atomic mass is 10.1. The van der Waals surface area contributed by atoms with Gasteiger partial charge in [0.2, 0.25) is 0 Å². The Morgan fingerprint density at radius 3 is 2.73 bits per heavy atom. The van der Waals surface area contributed by atoms with Crippen LogP contribution in [0.5, 0.6) is 0 Å². The monoisotopic (exact) mass is 148 g/mol. The first-order valence-electron chi connectivity index (χ1n) is 3.58. The molecule has 2 nitrogen and oxygen atoms in total. The normalized spacial score (nSPS) is 12.5. The van der Waals surface area contributed by atoms with Crippen LogP contribution in [0, 0.1) is 0 Å². The van der Waals surface area contributed by atoms with Gasteiger partial charge in [0.1, 0.15) is 0 Å².